The minimum atomic E-state index is -4.37. The van der Waals surface area contributed by atoms with Crippen molar-refractivity contribution in [2.75, 3.05) is 13.1 Å². The van der Waals surface area contributed by atoms with Crippen molar-refractivity contribution in [1.82, 2.24) is 4.90 Å². The van der Waals surface area contributed by atoms with Crippen molar-refractivity contribution in [2.45, 2.75) is 45.3 Å². The van der Waals surface area contributed by atoms with Gasteiger partial charge in [-0.1, -0.05) is 20.3 Å². The van der Waals surface area contributed by atoms with Crippen LogP contribution in [0.25, 0.3) is 0 Å². The van der Waals surface area contributed by atoms with Gasteiger partial charge in [0, 0.05) is 0 Å². The Bertz CT molecular complexity index is 243. The summed E-state index contributed by atoms with van der Waals surface area (Å²) in [6.07, 6.45) is -3.65. The summed E-state index contributed by atoms with van der Waals surface area (Å²) in [7, 11) is 0. The molecule has 0 bridgehead atoms. The van der Waals surface area contributed by atoms with Crippen LogP contribution in [-0.4, -0.2) is 40.8 Å². The molecule has 1 N–H and O–H groups in total. The van der Waals surface area contributed by atoms with E-state index in [2.05, 4.69) is 0 Å². The van der Waals surface area contributed by atoms with Crippen LogP contribution in [0.3, 0.4) is 0 Å². The van der Waals surface area contributed by atoms with Gasteiger partial charge in [-0.05, 0) is 19.9 Å². The number of hydrogen-bond acceptors (Lipinski definition) is 2. The average molecular weight is 241 g/mol. The highest BCUT2D eigenvalue weighted by atomic mass is 19.4. The molecule has 0 amide bonds. The van der Waals surface area contributed by atoms with Crippen molar-refractivity contribution in [3.63, 3.8) is 0 Å². The van der Waals surface area contributed by atoms with Gasteiger partial charge in [0.1, 0.15) is 5.54 Å². The standard InChI is InChI=1S/C10H18F3NO2/c1-4-6-9(3,8(15)16)14(5-2)7-10(11,12)13/h4-7H2,1-3H3,(H,15,16). The van der Waals surface area contributed by atoms with Crippen LogP contribution >= 0.6 is 0 Å². The molecular weight excluding hydrogens is 223 g/mol. The zero-order chi connectivity index (χ0) is 13.0. The van der Waals surface area contributed by atoms with Gasteiger partial charge in [0.05, 0.1) is 6.54 Å². The van der Waals surface area contributed by atoms with Gasteiger partial charge in [-0.25, -0.2) is 0 Å². The number of carboxylic acids is 1. The molecule has 0 heterocycles. The molecule has 0 aliphatic carbocycles. The third-order valence-corrected chi connectivity index (χ3v) is 2.65. The summed E-state index contributed by atoms with van der Waals surface area (Å²) in [5, 5.41) is 9.05. The monoisotopic (exact) mass is 241 g/mol. The molecule has 0 saturated heterocycles. The van der Waals surface area contributed by atoms with E-state index in [0.717, 1.165) is 4.90 Å². The molecule has 0 saturated carbocycles. The molecule has 3 nitrogen and oxygen atoms in total. The van der Waals surface area contributed by atoms with Crippen molar-refractivity contribution in [3.8, 4) is 0 Å². The molecule has 16 heavy (non-hydrogen) atoms. The molecule has 96 valence electrons. The van der Waals surface area contributed by atoms with Gasteiger partial charge in [0.2, 0.25) is 0 Å². The Balaban J connectivity index is 4.93. The van der Waals surface area contributed by atoms with Crippen molar-refractivity contribution in [1.29, 1.82) is 0 Å². The molecule has 0 aromatic carbocycles. The number of aliphatic carboxylic acids is 1. The lowest BCUT2D eigenvalue weighted by molar-refractivity contribution is -0.172. The number of rotatable bonds is 6. The van der Waals surface area contributed by atoms with Gasteiger partial charge in [-0.2, -0.15) is 13.2 Å². The van der Waals surface area contributed by atoms with E-state index in [4.69, 9.17) is 5.11 Å². The van der Waals surface area contributed by atoms with Crippen LogP contribution in [0.15, 0.2) is 0 Å². The first-order valence-electron chi connectivity index (χ1n) is 5.22. The van der Waals surface area contributed by atoms with Gasteiger partial charge >= 0.3 is 12.1 Å². The molecule has 0 aromatic heterocycles. The zero-order valence-corrected chi connectivity index (χ0v) is 9.76. The molecule has 1 atom stereocenters. The summed E-state index contributed by atoms with van der Waals surface area (Å²) >= 11 is 0. The number of carboxylic acid groups (broad SMARTS) is 1. The highest BCUT2D eigenvalue weighted by molar-refractivity contribution is 5.78. The maximum Gasteiger partial charge on any atom is 0.401 e. The third-order valence-electron chi connectivity index (χ3n) is 2.65. The van der Waals surface area contributed by atoms with Gasteiger partial charge in [0.15, 0.2) is 0 Å². The highest BCUT2D eigenvalue weighted by Crippen LogP contribution is 2.26. The van der Waals surface area contributed by atoms with E-state index >= 15 is 0 Å². The van der Waals surface area contributed by atoms with Gasteiger partial charge < -0.3 is 5.11 Å². The van der Waals surface area contributed by atoms with Crippen molar-refractivity contribution in [3.05, 3.63) is 0 Å². The summed E-state index contributed by atoms with van der Waals surface area (Å²) in [5.74, 6) is -1.21. The Morgan fingerprint density at radius 3 is 2.06 bits per heavy atom. The molecule has 0 rings (SSSR count). The summed E-state index contributed by atoms with van der Waals surface area (Å²) in [5.41, 5.74) is -1.45. The fraction of sp³-hybridized carbons (Fsp3) is 0.900. The summed E-state index contributed by atoms with van der Waals surface area (Å²) in [6, 6.07) is 0. The predicted molar refractivity (Wildman–Crippen MR) is 54.3 cm³/mol. The van der Waals surface area contributed by atoms with E-state index in [1.165, 1.54) is 13.8 Å². The minimum absolute atomic E-state index is 0.0578. The van der Waals surface area contributed by atoms with Crippen molar-refractivity contribution >= 4 is 5.97 Å². The Hall–Kier alpha value is -0.780. The Morgan fingerprint density at radius 2 is 1.81 bits per heavy atom. The fourth-order valence-electron chi connectivity index (χ4n) is 1.74. The molecule has 0 aliphatic heterocycles. The molecule has 0 aromatic rings. The maximum atomic E-state index is 12.3. The van der Waals surface area contributed by atoms with E-state index in [0.29, 0.717) is 6.42 Å². The van der Waals surface area contributed by atoms with Crippen LogP contribution in [-0.2, 0) is 4.79 Å². The Kier molecular flexibility index (Phi) is 5.25. The fourth-order valence-corrected chi connectivity index (χ4v) is 1.74. The average Bonchev–Trinajstić information content (AvgIpc) is 2.12. The van der Waals surface area contributed by atoms with Crippen LogP contribution in [0.1, 0.15) is 33.6 Å². The van der Waals surface area contributed by atoms with Gasteiger partial charge in [-0.3, -0.25) is 9.69 Å². The van der Waals surface area contributed by atoms with Crippen LogP contribution in [0.5, 0.6) is 0 Å². The van der Waals surface area contributed by atoms with Crippen LogP contribution in [0.4, 0.5) is 13.2 Å². The maximum absolute atomic E-state index is 12.3. The number of nitrogens with zero attached hydrogens (tertiary/aromatic N) is 1. The second kappa shape index (κ2) is 5.52. The summed E-state index contributed by atoms with van der Waals surface area (Å²) in [4.78, 5) is 12.0. The van der Waals surface area contributed by atoms with Gasteiger partial charge in [0.25, 0.3) is 0 Å². The first-order valence-corrected chi connectivity index (χ1v) is 5.22. The molecular formula is C10H18F3NO2. The molecule has 0 spiro atoms. The third kappa shape index (κ3) is 4.00. The molecule has 0 fully saturated rings. The number of hydrogen-bond donors (Lipinski definition) is 1. The number of halogens is 3. The molecule has 1 unspecified atom stereocenters. The Labute approximate surface area is 93.2 Å². The smallest absolute Gasteiger partial charge is 0.401 e. The lowest BCUT2D eigenvalue weighted by Gasteiger charge is -2.37. The number of alkyl halides is 3. The lowest BCUT2D eigenvalue weighted by Crippen LogP contribution is -2.55. The van der Waals surface area contributed by atoms with E-state index in [1.54, 1.807) is 6.92 Å². The van der Waals surface area contributed by atoms with Crippen LogP contribution in [0, 0.1) is 0 Å². The van der Waals surface area contributed by atoms with E-state index in [-0.39, 0.29) is 13.0 Å². The summed E-state index contributed by atoms with van der Waals surface area (Å²) < 4.78 is 36.9. The minimum Gasteiger partial charge on any atom is -0.480 e. The second-order valence-electron chi connectivity index (χ2n) is 3.96. The lowest BCUT2D eigenvalue weighted by atomic mass is 9.94. The second-order valence-corrected chi connectivity index (χ2v) is 3.96. The van der Waals surface area contributed by atoms with E-state index < -0.39 is 24.2 Å². The van der Waals surface area contributed by atoms with Crippen LogP contribution in [0.2, 0.25) is 0 Å². The highest BCUT2D eigenvalue weighted by Gasteiger charge is 2.43. The predicted octanol–water partition coefficient (Wildman–Crippen LogP) is 2.51. The quantitative estimate of drug-likeness (QED) is 0.776. The molecule has 0 radical (unpaired) electrons. The normalized spacial score (nSPS) is 16.2. The largest absolute Gasteiger partial charge is 0.480 e. The van der Waals surface area contributed by atoms with E-state index in [1.807, 2.05) is 0 Å². The van der Waals surface area contributed by atoms with E-state index in [9.17, 15) is 18.0 Å². The SMILES string of the molecule is CCCC(C)(C(=O)O)N(CC)CC(F)(F)F. The van der Waals surface area contributed by atoms with Crippen molar-refractivity contribution < 1.29 is 23.1 Å². The first kappa shape index (κ1) is 15.2. The molecule has 0 aliphatic rings. The molecule has 6 heteroatoms. The first-order chi connectivity index (χ1) is 7.17. The number of carbonyl (C=O) groups is 1. The van der Waals surface area contributed by atoms with Gasteiger partial charge in [-0.15, -0.1) is 0 Å². The summed E-state index contributed by atoms with van der Waals surface area (Å²) in [6.45, 7) is 3.49. The topological polar surface area (TPSA) is 40.5 Å². The van der Waals surface area contributed by atoms with Crippen LogP contribution < -0.4 is 0 Å². The van der Waals surface area contributed by atoms with Crippen molar-refractivity contribution in [2.24, 2.45) is 0 Å². The Morgan fingerprint density at radius 1 is 1.31 bits per heavy atom. The zero-order valence-electron chi connectivity index (χ0n) is 9.76. The number of likely N-dealkylation sites (N-methyl/N-ethyl adjacent to an activating group) is 1.